The fraction of sp³-hybridized carbons (Fsp3) is 1.00. The SMILES string of the molecule is CCCC[N+](CCCC)(CCCC)CCCCCCCCCCCC[N+](CCCC)(CCCC)CCCC. The Bertz CT molecular complexity index is 375. The first kappa shape index (κ1) is 37.9. The Morgan fingerprint density at radius 3 is 0.553 bits per heavy atom. The van der Waals surface area contributed by atoms with Crippen LogP contribution in [0.5, 0.6) is 0 Å². The summed E-state index contributed by atoms with van der Waals surface area (Å²) in [5, 5.41) is 0. The molecule has 0 amide bonds. The Hall–Kier alpha value is -0.0800. The molecule has 0 heterocycles. The fourth-order valence-corrected chi connectivity index (χ4v) is 6.61. The molecule has 0 aromatic carbocycles. The van der Waals surface area contributed by atoms with E-state index in [1.807, 2.05) is 0 Å². The van der Waals surface area contributed by atoms with Gasteiger partial charge in [-0.05, 0) is 64.2 Å². The molecule has 0 atom stereocenters. The van der Waals surface area contributed by atoms with E-state index in [9.17, 15) is 0 Å². The third kappa shape index (κ3) is 19.9. The van der Waals surface area contributed by atoms with Crippen molar-refractivity contribution < 1.29 is 8.97 Å². The molecule has 0 aromatic heterocycles. The van der Waals surface area contributed by atoms with Crippen molar-refractivity contribution in [1.29, 1.82) is 0 Å². The van der Waals surface area contributed by atoms with Crippen molar-refractivity contribution in [2.24, 2.45) is 0 Å². The van der Waals surface area contributed by atoms with Gasteiger partial charge in [-0.2, -0.15) is 0 Å². The number of unbranched alkanes of at least 4 members (excludes halogenated alkanes) is 15. The second-order valence-corrected chi connectivity index (χ2v) is 13.1. The maximum Gasteiger partial charge on any atom is 0.0786 e. The van der Waals surface area contributed by atoms with E-state index in [0.29, 0.717) is 0 Å². The summed E-state index contributed by atoms with van der Waals surface area (Å²) in [5.41, 5.74) is 0. The van der Waals surface area contributed by atoms with Crippen LogP contribution < -0.4 is 0 Å². The molecule has 0 N–H and O–H groups in total. The Labute approximate surface area is 243 Å². The van der Waals surface area contributed by atoms with Crippen LogP contribution in [-0.4, -0.2) is 61.3 Å². The number of nitrogens with zero attached hydrogens (tertiary/aromatic N) is 2. The molecule has 230 valence electrons. The molecule has 0 rings (SSSR count). The molecular formula is C36H78N2+2. The molecule has 0 aromatic rings. The van der Waals surface area contributed by atoms with Crippen LogP contribution in [0.1, 0.15) is 183 Å². The van der Waals surface area contributed by atoms with E-state index >= 15 is 0 Å². The highest BCUT2D eigenvalue weighted by molar-refractivity contribution is 4.54. The summed E-state index contributed by atoms with van der Waals surface area (Å²) in [5.74, 6) is 0. The lowest BCUT2D eigenvalue weighted by molar-refractivity contribution is -0.929. The zero-order valence-electron chi connectivity index (χ0n) is 28.1. The monoisotopic (exact) mass is 539 g/mol. The quantitative estimate of drug-likeness (QED) is 0.0608. The van der Waals surface area contributed by atoms with Crippen molar-refractivity contribution in [1.82, 2.24) is 0 Å². The molecule has 38 heavy (non-hydrogen) atoms. The lowest BCUT2D eigenvalue weighted by atomic mass is 10.0. The van der Waals surface area contributed by atoms with E-state index in [2.05, 4.69) is 41.5 Å². The highest BCUT2D eigenvalue weighted by Gasteiger charge is 2.26. The van der Waals surface area contributed by atoms with Gasteiger partial charge < -0.3 is 8.97 Å². The van der Waals surface area contributed by atoms with Gasteiger partial charge in [0.2, 0.25) is 0 Å². The largest absolute Gasteiger partial charge is 0.324 e. The summed E-state index contributed by atoms with van der Waals surface area (Å²) in [4.78, 5) is 0. The zero-order valence-corrected chi connectivity index (χ0v) is 28.1. The Kier molecular flexibility index (Phi) is 27.1. The third-order valence-corrected chi connectivity index (χ3v) is 9.43. The van der Waals surface area contributed by atoms with E-state index < -0.39 is 0 Å². The highest BCUT2D eigenvalue weighted by Crippen LogP contribution is 2.20. The third-order valence-electron chi connectivity index (χ3n) is 9.43. The van der Waals surface area contributed by atoms with E-state index in [4.69, 9.17) is 0 Å². The molecule has 2 nitrogen and oxygen atoms in total. The maximum atomic E-state index is 2.37. The molecule has 0 aliphatic heterocycles. The molecule has 0 saturated heterocycles. The number of quaternary nitrogens is 2. The van der Waals surface area contributed by atoms with E-state index in [-0.39, 0.29) is 0 Å². The minimum Gasteiger partial charge on any atom is -0.324 e. The van der Waals surface area contributed by atoms with Gasteiger partial charge in [-0.25, -0.2) is 0 Å². The Balaban J connectivity index is 4.15. The van der Waals surface area contributed by atoms with Crippen LogP contribution in [-0.2, 0) is 0 Å². The average molecular weight is 539 g/mol. The second-order valence-electron chi connectivity index (χ2n) is 13.1. The van der Waals surface area contributed by atoms with Crippen LogP contribution in [0.3, 0.4) is 0 Å². The van der Waals surface area contributed by atoms with Gasteiger partial charge in [0.15, 0.2) is 0 Å². The summed E-state index contributed by atoms with van der Waals surface area (Å²) < 4.78 is 2.87. The van der Waals surface area contributed by atoms with Crippen molar-refractivity contribution >= 4 is 0 Å². The van der Waals surface area contributed by atoms with Gasteiger partial charge in [0, 0.05) is 0 Å². The minimum absolute atomic E-state index is 1.36. The van der Waals surface area contributed by atoms with Gasteiger partial charge in [-0.3, -0.25) is 0 Å². The van der Waals surface area contributed by atoms with Crippen molar-refractivity contribution in [3.05, 3.63) is 0 Å². The molecule has 0 aliphatic carbocycles. The average Bonchev–Trinajstić information content (AvgIpc) is 2.94. The van der Waals surface area contributed by atoms with Crippen LogP contribution in [0, 0.1) is 0 Å². The van der Waals surface area contributed by atoms with E-state index in [0.717, 1.165) is 0 Å². The van der Waals surface area contributed by atoms with E-state index in [1.165, 1.54) is 203 Å². The van der Waals surface area contributed by atoms with Crippen LogP contribution in [0.2, 0.25) is 0 Å². The summed E-state index contributed by atoms with van der Waals surface area (Å²) in [7, 11) is 0. The van der Waals surface area contributed by atoms with Crippen molar-refractivity contribution in [3.8, 4) is 0 Å². The standard InChI is InChI=1S/C36H78N2/c1-7-13-29-37(30-14-8-2,31-15-9-3)35-27-25-23-21-19-20-22-24-26-28-36-38(32-16-10-4,33-17-11-5)34-18-12-6/h7-36H2,1-6H3/q+2. The Morgan fingerprint density at radius 1 is 0.211 bits per heavy atom. The Morgan fingerprint density at radius 2 is 0.368 bits per heavy atom. The van der Waals surface area contributed by atoms with Crippen LogP contribution in [0.25, 0.3) is 0 Å². The summed E-state index contributed by atoms with van der Waals surface area (Å²) in [6.07, 6.45) is 31.4. The molecule has 0 fully saturated rings. The maximum absolute atomic E-state index is 2.37. The van der Waals surface area contributed by atoms with Gasteiger partial charge in [-0.15, -0.1) is 0 Å². The summed E-state index contributed by atoms with van der Waals surface area (Å²) in [6, 6.07) is 0. The first-order chi connectivity index (χ1) is 18.6. The van der Waals surface area contributed by atoms with Gasteiger partial charge in [-0.1, -0.05) is 119 Å². The van der Waals surface area contributed by atoms with Crippen molar-refractivity contribution in [2.75, 3.05) is 52.4 Å². The van der Waals surface area contributed by atoms with E-state index in [1.54, 1.807) is 0 Å². The zero-order chi connectivity index (χ0) is 28.2. The molecule has 0 radical (unpaired) electrons. The first-order valence-electron chi connectivity index (χ1n) is 18.3. The van der Waals surface area contributed by atoms with Gasteiger partial charge in [0.1, 0.15) is 0 Å². The number of hydrogen-bond acceptors (Lipinski definition) is 0. The van der Waals surface area contributed by atoms with Gasteiger partial charge >= 0.3 is 0 Å². The smallest absolute Gasteiger partial charge is 0.0786 e. The lowest BCUT2D eigenvalue weighted by Gasteiger charge is -2.39. The normalized spacial score (nSPS) is 12.5. The molecule has 0 saturated carbocycles. The molecule has 0 spiro atoms. The van der Waals surface area contributed by atoms with Crippen LogP contribution in [0.4, 0.5) is 0 Å². The summed E-state index contributed by atoms with van der Waals surface area (Å²) >= 11 is 0. The highest BCUT2D eigenvalue weighted by atomic mass is 15.4. The van der Waals surface area contributed by atoms with Crippen molar-refractivity contribution in [2.45, 2.75) is 183 Å². The predicted molar refractivity (Wildman–Crippen MR) is 175 cm³/mol. The predicted octanol–water partition coefficient (Wildman–Crippen LogP) is 11.3. The topological polar surface area (TPSA) is 0 Å². The lowest BCUT2D eigenvalue weighted by Crippen LogP contribution is -2.50. The minimum atomic E-state index is 1.36. The van der Waals surface area contributed by atoms with Crippen LogP contribution in [0.15, 0.2) is 0 Å². The number of rotatable bonds is 31. The second kappa shape index (κ2) is 27.1. The molecule has 2 heteroatoms. The first-order valence-corrected chi connectivity index (χ1v) is 18.3. The molecule has 0 unspecified atom stereocenters. The fourth-order valence-electron chi connectivity index (χ4n) is 6.61. The van der Waals surface area contributed by atoms with Gasteiger partial charge in [0.25, 0.3) is 0 Å². The molecule has 0 bridgehead atoms. The molecular weight excluding hydrogens is 460 g/mol. The number of hydrogen-bond donors (Lipinski definition) is 0. The molecule has 0 aliphatic rings. The van der Waals surface area contributed by atoms with Gasteiger partial charge in [0.05, 0.1) is 52.4 Å². The van der Waals surface area contributed by atoms with Crippen LogP contribution >= 0.6 is 0 Å². The summed E-state index contributed by atoms with van der Waals surface area (Å²) in [6.45, 7) is 25.8. The van der Waals surface area contributed by atoms with Crippen molar-refractivity contribution in [3.63, 3.8) is 0 Å².